The summed E-state index contributed by atoms with van der Waals surface area (Å²) in [7, 11) is 0. The van der Waals surface area contributed by atoms with Crippen LogP contribution in [-0.4, -0.2) is 6.61 Å². The van der Waals surface area contributed by atoms with Gasteiger partial charge in [-0.1, -0.05) is 51.2 Å². The monoisotopic (exact) mass is 232 g/mol. The first-order valence-corrected chi connectivity index (χ1v) is 7.15. The number of hydrogen-bond acceptors (Lipinski definition) is 1. The van der Waals surface area contributed by atoms with Gasteiger partial charge >= 0.3 is 0 Å². The van der Waals surface area contributed by atoms with E-state index in [2.05, 4.69) is 25.1 Å². The standard InChI is InChI=1S/C16H24O/c1-2-3-4-5-6-7-9-14-10-8-11-16-15(14)12-13-17-16/h8,10-11H,2-7,9,12-13H2,1H3. The summed E-state index contributed by atoms with van der Waals surface area (Å²) in [6.45, 7) is 3.15. The number of ether oxygens (including phenoxy) is 1. The molecule has 0 spiro atoms. The van der Waals surface area contributed by atoms with Crippen LogP contribution in [0, 0.1) is 0 Å². The van der Waals surface area contributed by atoms with Gasteiger partial charge in [0, 0.05) is 12.0 Å². The highest BCUT2D eigenvalue weighted by atomic mass is 16.5. The van der Waals surface area contributed by atoms with Gasteiger partial charge in [-0.3, -0.25) is 0 Å². The second kappa shape index (κ2) is 6.68. The van der Waals surface area contributed by atoms with Crippen LogP contribution in [0.3, 0.4) is 0 Å². The highest BCUT2D eigenvalue weighted by Gasteiger charge is 2.14. The van der Waals surface area contributed by atoms with Crippen molar-refractivity contribution in [1.29, 1.82) is 0 Å². The summed E-state index contributed by atoms with van der Waals surface area (Å²) in [5, 5.41) is 0. The number of fused-ring (bicyclic) bond motifs is 1. The number of benzene rings is 1. The van der Waals surface area contributed by atoms with Gasteiger partial charge in [0.25, 0.3) is 0 Å². The number of unbranched alkanes of at least 4 members (excludes halogenated alkanes) is 5. The molecule has 0 fully saturated rings. The first-order valence-electron chi connectivity index (χ1n) is 7.15. The molecule has 0 atom stereocenters. The van der Waals surface area contributed by atoms with Crippen molar-refractivity contribution in [2.75, 3.05) is 6.61 Å². The number of hydrogen-bond donors (Lipinski definition) is 0. The van der Waals surface area contributed by atoms with Gasteiger partial charge in [-0.25, -0.2) is 0 Å². The van der Waals surface area contributed by atoms with E-state index in [-0.39, 0.29) is 0 Å². The maximum atomic E-state index is 5.60. The molecule has 94 valence electrons. The Morgan fingerprint density at radius 2 is 1.88 bits per heavy atom. The van der Waals surface area contributed by atoms with Crippen molar-refractivity contribution in [3.63, 3.8) is 0 Å². The van der Waals surface area contributed by atoms with Gasteiger partial charge in [0.2, 0.25) is 0 Å². The molecule has 1 aliphatic heterocycles. The van der Waals surface area contributed by atoms with Crippen LogP contribution in [0.25, 0.3) is 0 Å². The normalized spacial score (nSPS) is 13.5. The topological polar surface area (TPSA) is 9.23 Å². The van der Waals surface area contributed by atoms with Gasteiger partial charge < -0.3 is 4.74 Å². The fraction of sp³-hybridized carbons (Fsp3) is 0.625. The predicted molar refractivity (Wildman–Crippen MR) is 72.7 cm³/mol. The number of rotatable bonds is 7. The van der Waals surface area contributed by atoms with Crippen molar-refractivity contribution in [1.82, 2.24) is 0 Å². The van der Waals surface area contributed by atoms with Gasteiger partial charge in [0.1, 0.15) is 5.75 Å². The van der Waals surface area contributed by atoms with E-state index in [0.29, 0.717) is 0 Å². The lowest BCUT2D eigenvalue weighted by molar-refractivity contribution is 0.357. The smallest absolute Gasteiger partial charge is 0.122 e. The fourth-order valence-corrected chi connectivity index (χ4v) is 2.62. The van der Waals surface area contributed by atoms with Crippen LogP contribution in [0.2, 0.25) is 0 Å². The van der Waals surface area contributed by atoms with Gasteiger partial charge in [0.15, 0.2) is 0 Å². The average molecular weight is 232 g/mol. The Morgan fingerprint density at radius 1 is 1.06 bits per heavy atom. The van der Waals surface area contributed by atoms with E-state index < -0.39 is 0 Å². The first kappa shape index (κ1) is 12.5. The Balaban J connectivity index is 1.74. The summed E-state index contributed by atoms with van der Waals surface area (Å²) in [5.41, 5.74) is 3.00. The van der Waals surface area contributed by atoms with E-state index in [1.807, 2.05) is 0 Å². The molecule has 1 aliphatic rings. The van der Waals surface area contributed by atoms with E-state index in [1.165, 1.54) is 56.1 Å². The third kappa shape index (κ3) is 3.49. The minimum atomic E-state index is 0.878. The maximum absolute atomic E-state index is 5.60. The van der Waals surface area contributed by atoms with Crippen molar-refractivity contribution >= 4 is 0 Å². The molecular formula is C16H24O. The van der Waals surface area contributed by atoms with Crippen molar-refractivity contribution in [3.8, 4) is 5.75 Å². The predicted octanol–water partition coefficient (Wildman–Crippen LogP) is 4.52. The lowest BCUT2D eigenvalue weighted by Crippen LogP contribution is -1.92. The van der Waals surface area contributed by atoms with Crippen molar-refractivity contribution < 1.29 is 4.74 Å². The summed E-state index contributed by atoms with van der Waals surface area (Å²) < 4.78 is 5.60. The molecule has 0 radical (unpaired) electrons. The lowest BCUT2D eigenvalue weighted by atomic mass is 9.99. The summed E-state index contributed by atoms with van der Waals surface area (Å²) in [5.74, 6) is 1.13. The minimum absolute atomic E-state index is 0.878. The highest BCUT2D eigenvalue weighted by Crippen LogP contribution is 2.29. The molecule has 0 N–H and O–H groups in total. The van der Waals surface area contributed by atoms with Crippen LogP contribution in [0.5, 0.6) is 5.75 Å². The summed E-state index contributed by atoms with van der Waals surface area (Å²) in [4.78, 5) is 0. The quantitative estimate of drug-likeness (QED) is 0.628. The molecule has 0 bridgehead atoms. The Kier molecular flexibility index (Phi) is 4.90. The van der Waals surface area contributed by atoms with Crippen LogP contribution < -0.4 is 4.74 Å². The summed E-state index contributed by atoms with van der Waals surface area (Å²) in [6.07, 6.45) is 10.6. The van der Waals surface area contributed by atoms with Gasteiger partial charge in [-0.05, 0) is 24.5 Å². The van der Waals surface area contributed by atoms with Gasteiger partial charge in [0.05, 0.1) is 6.61 Å². The second-order valence-corrected chi connectivity index (χ2v) is 5.01. The molecule has 0 aliphatic carbocycles. The lowest BCUT2D eigenvalue weighted by Gasteiger charge is -2.06. The molecule has 1 heteroatoms. The highest BCUT2D eigenvalue weighted by molar-refractivity contribution is 5.42. The van der Waals surface area contributed by atoms with E-state index >= 15 is 0 Å². The van der Waals surface area contributed by atoms with E-state index in [0.717, 1.165) is 18.8 Å². The van der Waals surface area contributed by atoms with Crippen LogP contribution in [0.1, 0.15) is 56.6 Å². The van der Waals surface area contributed by atoms with Crippen LogP contribution in [0.4, 0.5) is 0 Å². The number of aryl methyl sites for hydroxylation is 1. The molecule has 0 saturated heterocycles. The Hall–Kier alpha value is -0.980. The van der Waals surface area contributed by atoms with Gasteiger partial charge in [-0.15, -0.1) is 0 Å². The SMILES string of the molecule is CCCCCCCCc1cccc2c1CCO2. The van der Waals surface area contributed by atoms with Crippen molar-refractivity contribution in [3.05, 3.63) is 29.3 Å². The third-order valence-electron chi connectivity index (χ3n) is 3.64. The zero-order valence-corrected chi connectivity index (χ0v) is 11.0. The maximum Gasteiger partial charge on any atom is 0.122 e. The van der Waals surface area contributed by atoms with Crippen LogP contribution in [-0.2, 0) is 12.8 Å². The third-order valence-corrected chi connectivity index (χ3v) is 3.64. The molecule has 0 aromatic heterocycles. The van der Waals surface area contributed by atoms with E-state index in [4.69, 9.17) is 4.74 Å². The van der Waals surface area contributed by atoms with Crippen LogP contribution >= 0.6 is 0 Å². The van der Waals surface area contributed by atoms with Crippen LogP contribution in [0.15, 0.2) is 18.2 Å². The molecule has 2 rings (SSSR count). The Morgan fingerprint density at radius 3 is 2.76 bits per heavy atom. The summed E-state index contributed by atoms with van der Waals surface area (Å²) in [6, 6.07) is 6.52. The first-order chi connectivity index (χ1) is 8.42. The molecule has 0 saturated carbocycles. The van der Waals surface area contributed by atoms with Crippen molar-refractivity contribution in [2.45, 2.75) is 58.3 Å². The molecule has 17 heavy (non-hydrogen) atoms. The Bertz CT molecular complexity index is 343. The molecule has 0 unspecified atom stereocenters. The zero-order valence-electron chi connectivity index (χ0n) is 11.0. The molecule has 1 aromatic carbocycles. The van der Waals surface area contributed by atoms with E-state index in [1.54, 1.807) is 0 Å². The van der Waals surface area contributed by atoms with E-state index in [9.17, 15) is 0 Å². The molecular weight excluding hydrogens is 208 g/mol. The summed E-state index contributed by atoms with van der Waals surface area (Å²) >= 11 is 0. The molecule has 1 heterocycles. The molecule has 1 nitrogen and oxygen atoms in total. The zero-order chi connectivity index (χ0) is 11.9. The Labute approximate surface area is 105 Å². The molecule has 0 amide bonds. The largest absolute Gasteiger partial charge is 0.493 e. The minimum Gasteiger partial charge on any atom is -0.493 e. The average Bonchev–Trinajstić information content (AvgIpc) is 2.82. The molecule has 1 aromatic rings. The van der Waals surface area contributed by atoms with Crippen molar-refractivity contribution in [2.24, 2.45) is 0 Å². The van der Waals surface area contributed by atoms with Gasteiger partial charge in [-0.2, -0.15) is 0 Å². The fourth-order valence-electron chi connectivity index (χ4n) is 2.62. The second-order valence-electron chi connectivity index (χ2n) is 5.01.